The Kier molecular flexibility index (Phi) is 8.55. The van der Waals surface area contributed by atoms with Crippen molar-refractivity contribution in [1.82, 2.24) is 14.3 Å². The van der Waals surface area contributed by atoms with Gasteiger partial charge in [0.25, 0.3) is 5.91 Å². The van der Waals surface area contributed by atoms with E-state index in [9.17, 15) is 18.3 Å². The molecule has 1 N–H and O–H groups in total. The lowest BCUT2D eigenvalue weighted by molar-refractivity contribution is 0.0988. The Hall–Kier alpha value is -3.60. The van der Waals surface area contributed by atoms with Crippen LogP contribution in [0.1, 0.15) is 29.8 Å². The largest absolute Gasteiger partial charge is 0.423 e. The van der Waals surface area contributed by atoms with Crippen LogP contribution < -0.4 is 4.90 Å². The number of fused-ring (bicyclic) bond motifs is 1. The summed E-state index contributed by atoms with van der Waals surface area (Å²) in [4.78, 5) is 22.3. The van der Waals surface area contributed by atoms with E-state index in [0.717, 1.165) is 5.56 Å². The van der Waals surface area contributed by atoms with E-state index in [1.54, 1.807) is 24.6 Å². The van der Waals surface area contributed by atoms with Gasteiger partial charge in [0, 0.05) is 44.2 Å². The SMILES string of the molecule is CC(C)CN(CC(O)[CH]Cc1ccccc1)S(=O)(=O)c1ccc2nc(N(C)C(=O)c3ccncc3)oc2c1. The third-order valence-corrected chi connectivity index (χ3v) is 7.76. The molecule has 4 rings (SSSR count). The summed E-state index contributed by atoms with van der Waals surface area (Å²) in [6.45, 7) is 4.01. The number of amides is 1. The van der Waals surface area contributed by atoms with Gasteiger partial charge in [0.1, 0.15) is 5.52 Å². The number of aromatic nitrogens is 2. The predicted octanol–water partition coefficient (Wildman–Crippen LogP) is 3.95. The molecule has 1 amide bonds. The monoisotopic (exact) mass is 535 g/mol. The van der Waals surface area contributed by atoms with Crippen LogP contribution in [0.2, 0.25) is 0 Å². The van der Waals surface area contributed by atoms with Gasteiger partial charge in [0.05, 0.1) is 11.0 Å². The van der Waals surface area contributed by atoms with E-state index in [-0.39, 0.29) is 41.4 Å². The first kappa shape index (κ1) is 27.4. The molecule has 0 spiro atoms. The molecule has 0 saturated heterocycles. The van der Waals surface area contributed by atoms with Crippen LogP contribution in [0.3, 0.4) is 0 Å². The maximum absolute atomic E-state index is 13.6. The van der Waals surface area contributed by atoms with Crippen LogP contribution in [0, 0.1) is 12.3 Å². The molecule has 0 fully saturated rings. The topological polar surface area (TPSA) is 117 Å². The van der Waals surface area contributed by atoms with Gasteiger partial charge in [-0.05, 0) is 48.6 Å². The summed E-state index contributed by atoms with van der Waals surface area (Å²) in [5.74, 6) is -0.296. The normalized spacial score (nSPS) is 12.8. The first-order valence-electron chi connectivity index (χ1n) is 12.3. The maximum Gasteiger partial charge on any atom is 0.305 e. The van der Waals surface area contributed by atoms with Crippen molar-refractivity contribution in [2.45, 2.75) is 31.3 Å². The number of pyridine rings is 1. The van der Waals surface area contributed by atoms with Crippen LogP contribution in [0.5, 0.6) is 0 Å². The number of aliphatic hydroxyl groups is 1. The molecule has 2 aromatic heterocycles. The molecule has 10 heteroatoms. The van der Waals surface area contributed by atoms with Crippen molar-refractivity contribution in [2.75, 3.05) is 25.0 Å². The molecule has 1 atom stereocenters. The average Bonchev–Trinajstić information content (AvgIpc) is 3.35. The van der Waals surface area contributed by atoms with Gasteiger partial charge in [0.2, 0.25) is 10.0 Å². The molecule has 0 bridgehead atoms. The minimum atomic E-state index is -3.96. The Balaban J connectivity index is 1.54. The lowest BCUT2D eigenvalue weighted by Crippen LogP contribution is -2.40. The summed E-state index contributed by atoms with van der Waals surface area (Å²) in [5.41, 5.74) is 2.10. The van der Waals surface area contributed by atoms with Crippen LogP contribution in [0.25, 0.3) is 11.1 Å². The number of nitrogens with zero attached hydrogens (tertiary/aromatic N) is 4. The van der Waals surface area contributed by atoms with Gasteiger partial charge in [-0.1, -0.05) is 44.2 Å². The zero-order valence-corrected chi connectivity index (χ0v) is 22.4. The van der Waals surface area contributed by atoms with E-state index in [4.69, 9.17) is 4.42 Å². The van der Waals surface area contributed by atoms with E-state index in [1.165, 1.54) is 40.8 Å². The first-order valence-corrected chi connectivity index (χ1v) is 13.7. The number of hydrogen-bond donors (Lipinski definition) is 1. The van der Waals surface area contributed by atoms with E-state index in [2.05, 4.69) is 9.97 Å². The fraction of sp³-hybridized carbons (Fsp3) is 0.286. The molecule has 2 aromatic carbocycles. The molecule has 1 radical (unpaired) electrons. The Morgan fingerprint density at radius 1 is 1.05 bits per heavy atom. The highest BCUT2D eigenvalue weighted by molar-refractivity contribution is 7.89. The third-order valence-electron chi connectivity index (χ3n) is 5.93. The van der Waals surface area contributed by atoms with Crippen LogP contribution >= 0.6 is 0 Å². The Labute approximate surface area is 222 Å². The predicted molar refractivity (Wildman–Crippen MR) is 145 cm³/mol. The number of anilines is 1. The average molecular weight is 536 g/mol. The molecule has 9 nitrogen and oxygen atoms in total. The molecule has 0 aliphatic heterocycles. The van der Waals surface area contributed by atoms with Crippen molar-refractivity contribution >= 4 is 33.0 Å². The molecule has 199 valence electrons. The first-order chi connectivity index (χ1) is 18.1. The fourth-order valence-electron chi connectivity index (χ4n) is 3.97. The summed E-state index contributed by atoms with van der Waals surface area (Å²) in [5, 5.41) is 10.7. The van der Waals surface area contributed by atoms with Gasteiger partial charge >= 0.3 is 6.01 Å². The molecular weight excluding hydrogens is 504 g/mol. The van der Waals surface area contributed by atoms with Gasteiger partial charge in [-0.2, -0.15) is 9.29 Å². The number of hydrogen-bond acceptors (Lipinski definition) is 7. The quantitative estimate of drug-likeness (QED) is 0.309. The van der Waals surface area contributed by atoms with Gasteiger partial charge in [-0.3, -0.25) is 14.7 Å². The highest BCUT2D eigenvalue weighted by Crippen LogP contribution is 2.27. The zero-order valence-electron chi connectivity index (χ0n) is 21.6. The van der Waals surface area contributed by atoms with Crippen molar-refractivity contribution in [3.63, 3.8) is 0 Å². The summed E-state index contributed by atoms with van der Waals surface area (Å²) < 4.78 is 34.3. The van der Waals surface area contributed by atoms with Crippen LogP contribution in [0.4, 0.5) is 6.01 Å². The number of rotatable bonds is 11. The molecule has 1 unspecified atom stereocenters. The molecule has 0 saturated carbocycles. The van der Waals surface area contributed by atoms with Gasteiger partial charge in [-0.15, -0.1) is 0 Å². The van der Waals surface area contributed by atoms with Crippen molar-refractivity contribution in [1.29, 1.82) is 0 Å². The molecule has 0 aliphatic rings. The summed E-state index contributed by atoms with van der Waals surface area (Å²) >= 11 is 0. The molecule has 2 heterocycles. The molecule has 4 aromatic rings. The standard InChI is InChI=1S/C28H31N4O5S/c1-20(2)18-32(19-23(33)10-9-21-7-5-4-6-8-21)38(35,36)24-11-12-25-26(17-24)37-28(30-25)31(3)27(34)22-13-15-29-16-14-22/h4-8,10-17,20,23,33H,9,18-19H2,1-3H3. The highest BCUT2D eigenvalue weighted by atomic mass is 32.2. The van der Waals surface area contributed by atoms with Gasteiger partial charge < -0.3 is 9.52 Å². The van der Waals surface area contributed by atoms with Crippen LogP contribution in [0.15, 0.2) is 82.4 Å². The van der Waals surface area contributed by atoms with Crippen LogP contribution in [-0.4, -0.2) is 59.9 Å². The Bertz CT molecular complexity index is 1470. The second kappa shape index (κ2) is 11.8. The molecule has 0 aliphatic carbocycles. The smallest absolute Gasteiger partial charge is 0.305 e. The lowest BCUT2D eigenvalue weighted by Gasteiger charge is -2.26. The van der Waals surface area contributed by atoms with E-state index in [0.29, 0.717) is 17.5 Å². The highest BCUT2D eigenvalue weighted by Gasteiger charge is 2.28. The van der Waals surface area contributed by atoms with E-state index >= 15 is 0 Å². The van der Waals surface area contributed by atoms with Crippen molar-refractivity contribution in [2.24, 2.45) is 5.92 Å². The van der Waals surface area contributed by atoms with Crippen molar-refractivity contribution in [3.05, 3.63) is 90.6 Å². The number of sulfonamides is 1. The zero-order chi connectivity index (χ0) is 27.3. The second-order valence-corrected chi connectivity index (χ2v) is 11.4. The number of oxazole rings is 1. The van der Waals surface area contributed by atoms with Crippen molar-refractivity contribution < 1.29 is 22.7 Å². The van der Waals surface area contributed by atoms with Crippen LogP contribution in [-0.2, 0) is 16.4 Å². The minimum Gasteiger partial charge on any atom is -0.423 e. The second-order valence-electron chi connectivity index (χ2n) is 9.43. The fourth-order valence-corrected chi connectivity index (χ4v) is 5.61. The summed E-state index contributed by atoms with van der Waals surface area (Å²) in [6.07, 6.45) is 4.32. The number of benzene rings is 2. The molecule has 38 heavy (non-hydrogen) atoms. The third kappa shape index (κ3) is 6.45. The Morgan fingerprint density at radius 3 is 2.45 bits per heavy atom. The van der Waals surface area contributed by atoms with E-state index < -0.39 is 16.1 Å². The number of carbonyl (C=O) groups is 1. The maximum atomic E-state index is 13.6. The summed E-state index contributed by atoms with van der Waals surface area (Å²) in [6, 6.07) is 17.3. The Morgan fingerprint density at radius 2 is 1.76 bits per heavy atom. The van der Waals surface area contributed by atoms with Crippen molar-refractivity contribution in [3.8, 4) is 0 Å². The van der Waals surface area contributed by atoms with Gasteiger partial charge in [0.15, 0.2) is 5.58 Å². The number of aliphatic hydroxyl groups excluding tert-OH is 1. The van der Waals surface area contributed by atoms with Gasteiger partial charge in [-0.25, -0.2) is 8.42 Å². The number of carbonyl (C=O) groups excluding carboxylic acids is 1. The summed E-state index contributed by atoms with van der Waals surface area (Å²) in [7, 11) is -2.43. The lowest BCUT2D eigenvalue weighted by atomic mass is 10.1. The minimum absolute atomic E-state index is 0.0201. The molecular formula is C28H31N4O5S. The van der Waals surface area contributed by atoms with E-state index in [1.807, 2.05) is 44.2 Å².